The molecular weight excluding hydrogens is 194 g/mol. The summed E-state index contributed by atoms with van der Waals surface area (Å²) < 4.78 is 5.08. The topological polar surface area (TPSA) is 62.7 Å². The highest BCUT2D eigenvalue weighted by Gasteiger charge is 2.44. The molecule has 0 spiro atoms. The number of hydrogen-bond donors (Lipinski definition) is 2. The highest BCUT2D eigenvalue weighted by Crippen LogP contribution is 2.24. The highest BCUT2D eigenvalue weighted by atomic mass is 16.5. The highest BCUT2D eigenvalue weighted by molar-refractivity contribution is 6.09. The van der Waals surface area contributed by atoms with Crippen molar-refractivity contribution in [1.82, 2.24) is 10.6 Å². The molecule has 15 heavy (non-hydrogen) atoms. The second-order valence-corrected chi connectivity index (χ2v) is 4.16. The average Bonchev–Trinajstić information content (AvgIpc) is 2.95. The zero-order chi connectivity index (χ0) is 10.9. The monoisotopic (exact) mass is 211 g/mol. The van der Waals surface area contributed by atoms with Crippen LogP contribution in [0.1, 0.15) is 26.2 Å². The molecule has 5 heteroatoms. The maximum Gasteiger partial charge on any atom is 0.254 e. The number of aliphatic imine (C=N–C) groups is 1. The normalized spacial score (nSPS) is 32.9. The van der Waals surface area contributed by atoms with E-state index >= 15 is 0 Å². The van der Waals surface area contributed by atoms with Crippen LogP contribution in [0.3, 0.4) is 0 Å². The van der Waals surface area contributed by atoms with Crippen molar-refractivity contribution in [3.8, 4) is 0 Å². The Balaban J connectivity index is 2.09. The van der Waals surface area contributed by atoms with E-state index in [2.05, 4.69) is 15.6 Å². The lowest BCUT2D eigenvalue weighted by molar-refractivity contribution is -0.125. The number of methoxy groups -OCH3 is 1. The standard InChI is InChI=1S/C10H17N3O2/c1-3-10(6-15-2)8(14)12-9(13-10)11-7-4-5-7/h7H,3-6H2,1-2H3,(H2,11,12,13,14). The van der Waals surface area contributed by atoms with Crippen molar-refractivity contribution >= 4 is 11.9 Å². The number of amides is 1. The summed E-state index contributed by atoms with van der Waals surface area (Å²) >= 11 is 0. The van der Waals surface area contributed by atoms with E-state index in [0.29, 0.717) is 25.0 Å². The van der Waals surface area contributed by atoms with Crippen molar-refractivity contribution in [2.45, 2.75) is 37.8 Å². The predicted octanol–water partition coefficient (Wildman–Crippen LogP) is 0.0194. The first kappa shape index (κ1) is 10.4. The number of nitrogens with one attached hydrogen (secondary N) is 2. The molecule has 1 heterocycles. The summed E-state index contributed by atoms with van der Waals surface area (Å²) in [4.78, 5) is 16.2. The molecule has 5 nitrogen and oxygen atoms in total. The van der Waals surface area contributed by atoms with Gasteiger partial charge in [-0.05, 0) is 19.3 Å². The minimum absolute atomic E-state index is 0.0359. The Bertz CT molecular complexity index is 299. The van der Waals surface area contributed by atoms with Crippen LogP contribution in [0, 0.1) is 0 Å². The summed E-state index contributed by atoms with van der Waals surface area (Å²) in [5, 5.41) is 5.91. The molecule has 0 bridgehead atoms. The van der Waals surface area contributed by atoms with Crippen molar-refractivity contribution in [2.75, 3.05) is 13.7 Å². The third-order valence-corrected chi connectivity index (χ3v) is 2.88. The molecule has 1 unspecified atom stereocenters. The minimum atomic E-state index is -0.623. The van der Waals surface area contributed by atoms with Crippen LogP contribution in [0.4, 0.5) is 0 Å². The summed E-state index contributed by atoms with van der Waals surface area (Å²) in [5.41, 5.74) is -0.623. The van der Waals surface area contributed by atoms with Crippen LogP contribution >= 0.6 is 0 Å². The molecule has 2 N–H and O–H groups in total. The average molecular weight is 211 g/mol. The van der Waals surface area contributed by atoms with Crippen molar-refractivity contribution in [2.24, 2.45) is 4.99 Å². The van der Waals surface area contributed by atoms with Crippen molar-refractivity contribution in [3.63, 3.8) is 0 Å². The van der Waals surface area contributed by atoms with Gasteiger partial charge in [0.25, 0.3) is 5.91 Å². The number of ether oxygens (including phenoxy) is 1. The van der Waals surface area contributed by atoms with E-state index < -0.39 is 5.54 Å². The molecule has 2 aliphatic rings. The second-order valence-electron chi connectivity index (χ2n) is 4.16. The Morgan fingerprint density at radius 1 is 1.60 bits per heavy atom. The van der Waals surface area contributed by atoms with Gasteiger partial charge >= 0.3 is 0 Å². The van der Waals surface area contributed by atoms with Crippen molar-refractivity contribution in [1.29, 1.82) is 0 Å². The SMILES string of the molecule is CCC1(COC)NC(=NC2CC2)NC1=O. The Morgan fingerprint density at radius 2 is 2.33 bits per heavy atom. The van der Waals surface area contributed by atoms with Gasteiger partial charge in [-0.3, -0.25) is 10.1 Å². The van der Waals surface area contributed by atoms with Gasteiger partial charge < -0.3 is 10.1 Å². The zero-order valence-electron chi connectivity index (χ0n) is 9.17. The Morgan fingerprint density at radius 3 is 2.87 bits per heavy atom. The fourth-order valence-electron chi connectivity index (χ4n) is 1.69. The molecule has 2 fully saturated rings. The molecule has 84 valence electrons. The summed E-state index contributed by atoms with van der Waals surface area (Å²) in [6.45, 7) is 2.34. The quantitative estimate of drug-likeness (QED) is 0.689. The van der Waals surface area contributed by atoms with Gasteiger partial charge in [-0.15, -0.1) is 0 Å². The first-order valence-corrected chi connectivity index (χ1v) is 5.36. The fraction of sp³-hybridized carbons (Fsp3) is 0.800. The molecule has 1 atom stereocenters. The van der Waals surface area contributed by atoms with Crippen molar-refractivity contribution < 1.29 is 9.53 Å². The van der Waals surface area contributed by atoms with Crippen LogP contribution in [0.5, 0.6) is 0 Å². The van der Waals surface area contributed by atoms with Gasteiger partial charge in [-0.1, -0.05) is 6.92 Å². The molecule has 1 saturated heterocycles. The number of nitrogens with zero attached hydrogens (tertiary/aromatic N) is 1. The van der Waals surface area contributed by atoms with E-state index in [9.17, 15) is 4.79 Å². The van der Waals surface area contributed by atoms with E-state index in [0.717, 1.165) is 12.8 Å². The fourth-order valence-corrected chi connectivity index (χ4v) is 1.69. The lowest BCUT2D eigenvalue weighted by Gasteiger charge is -2.23. The molecule has 1 aliphatic heterocycles. The van der Waals surface area contributed by atoms with Crippen LogP contribution < -0.4 is 10.6 Å². The number of carbonyl (C=O) groups excluding carboxylic acids is 1. The zero-order valence-corrected chi connectivity index (χ0v) is 9.17. The molecule has 1 saturated carbocycles. The molecule has 0 aromatic carbocycles. The van der Waals surface area contributed by atoms with E-state index in [1.807, 2.05) is 6.92 Å². The number of rotatable bonds is 4. The van der Waals surface area contributed by atoms with Gasteiger partial charge in [-0.2, -0.15) is 0 Å². The Kier molecular flexibility index (Phi) is 2.65. The number of guanidine groups is 1. The van der Waals surface area contributed by atoms with Gasteiger partial charge in [0.15, 0.2) is 5.96 Å². The summed E-state index contributed by atoms with van der Waals surface area (Å²) in [7, 11) is 1.60. The second kappa shape index (κ2) is 3.81. The number of hydrogen-bond acceptors (Lipinski definition) is 3. The number of carbonyl (C=O) groups is 1. The van der Waals surface area contributed by atoms with Crippen LogP contribution in [-0.4, -0.2) is 37.2 Å². The largest absolute Gasteiger partial charge is 0.382 e. The summed E-state index contributed by atoms with van der Waals surface area (Å²) in [6, 6.07) is 0.406. The molecule has 0 aromatic rings. The molecule has 0 radical (unpaired) electrons. The third kappa shape index (κ3) is 1.97. The first-order valence-electron chi connectivity index (χ1n) is 5.36. The van der Waals surface area contributed by atoms with E-state index in [1.165, 1.54) is 0 Å². The summed E-state index contributed by atoms with van der Waals surface area (Å²) in [5.74, 6) is 0.577. The lowest BCUT2D eigenvalue weighted by Crippen LogP contribution is -2.50. The summed E-state index contributed by atoms with van der Waals surface area (Å²) in [6.07, 6.45) is 2.95. The molecule has 0 aromatic heterocycles. The van der Waals surface area contributed by atoms with E-state index in [4.69, 9.17) is 4.74 Å². The molecule has 1 amide bonds. The first-order chi connectivity index (χ1) is 7.20. The van der Waals surface area contributed by atoms with Gasteiger partial charge in [-0.25, -0.2) is 4.99 Å². The molecule has 2 rings (SSSR count). The Hall–Kier alpha value is -1.10. The van der Waals surface area contributed by atoms with Gasteiger partial charge in [0, 0.05) is 7.11 Å². The van der Waals surface area contributed by atoms with Gasteiger partial charge in [0.05, 0.1) is 12.6 Å². The lowest BCUT2D eigenvalue weighted by atomic mass is 9.98. The van der Waals surface area contributed by atoms with Crippen LogP contribution in [0.15, 0.2) is 4.99 Å². The van der Waals surface area contributed by atoms with E-state index in [-0.39, 0.29) is 5.91 Å². The van der Waals surface area contributed by atoms with Gasteiger partial charge in [0.1, 0.15) is 5.54 Å². The third-order valence-electron chi connectivity index (χ3n) is 2.88. The van der Waals surface area contributed by atoms with Crippen LogP contribution in [0.2, 0.25) is 0 Å². The maximum atomic E-state index is 11.8. The van der Waals surface area contributed by atoms with Crippen LogP contribution in [0.25, 0.3) is 0 Å². The van der Waals surface area contributed by atoms with Gasteiger partial charge in [0.2, 0.25) is 0 Å². The van der Waals surface area contributed by atoms with Crippen molar-refractivity contribution in [3.05, 3.63) is 0 Å². The van der Waals surface area contributed by atoms with Crippen LogP contribution in [-0.2, 0) is 9.53 Å². The molecular formula is C10H17N3O2. The smallest absolute Gasteiger partial charge is 0.254 e. The Labute approximate surface area is 89.3 Å². The maximum absolute atomic E-state index is 11.8. The minimum Gasteiger partial charge on any atom is -0.382 e. The van der Waals surface area contributed by atoms with E-state index in [1.54, 1.807) is 7.11 Å². The predicted molar refractivity (Wildman–Crippen MR) is 56.6 cm³/mol. The molecule has 1 aliphatic carbocycles.